The average molecular weight is 431 g/mol. The average Bonchev–Trinajstić information content (AvgIpc) is 2.71. The van der Waals surface area contributed by atoms with Crippen LogP contribution in [0.25, 0.3) is 0 Å². The molecule has 2 aromatic rings. The number of hydrogen-bond acceptors (Lipinski definition) is 4. The number of carbonyl (C=O) groups excluding carboxylic acids is 1. The molecule has 6 nitrogen and oxygen atoms in total. The topological polar surface area (TPSA) is 84.5 Å². The van der Waals surface area contributed by atoms with Gasteiger partial charge in [0.15, 0.2) is 6.10 Å². The lowest BCUT2D eigenvalue weighted by Crippen LogP contribution is -2.43. The fourth-order valence-electron chi connectivity index (χ4n) is 3.57. The SMILES string of the molecule is Cc1ccc(C)c(NS(=O)(=O)c2ccc(O[C@H](C)C(=O)NC3CCCCC3)cc2)c1. The molecule has 1 atom stereocenters. The smallest absolute Gasteiger partial charge is 0.261 e. The third-order valence-corrected chi connectivity index (χ3v) is 6.79. The fourth-order valence-corrected chi connectivity index (χ4v) is 4.69. The first kappa shape index (κ1) is 22.2. The summed E-state index contributed by atoms with van der Waals surface area (Å²) in [7, 11) is -3.72. The van der Waals surface area contributed by atoms with Crippen molar-refractivity contribution < 1.29 is 17.9 Å². The van der Waals surface area contributed by atoms with Crippen molar-refractivity contribution in [3.63, 3.8) is 0 Å². The highest BCUT2D eigenvalue weighted by atomic mass is 32.2. The van der Waals surface area contributed by atoms with Crippen molar-refractivity contribution in [2.45, 2.75) is 69.9 Å². The second-order valence-corrected chi connectivity index (χ2v) is 9.68. The lowest BCUT2D eigenvalue weighted by molar-refractivity contribution is -0.128. The molecule has 7 heteroatoms. The Balaban J connectivity index is 1.62. The minimum atomic E-state index is -3.72. The number of anilines is 1. The molecule has 0 heterocycles. The number of benzene rings is 2. The number of hydrogen-bond donors (Lipinski definition) is 2. The molecule has 0 saturated heterocycles. The molecule has 1 fully saturated rings. The summed E-state index contributed by atoms with van der Waals surface area (Å²) < 4.78 is 33.8. The molecule has 3 rings (SSSR count). The van der Waals surface area contributed by atoms with E-state index in [1.807, 2.05) is 26.0 Å². The van der Waals surface area contributed by atoms with E-state index < -0.39 is 16.1 Å². The molecule has 162 valence electrons. The molecule has 1 amide bonds. The Labute approximate surface area is 179 Å². The van der Waals surface area contributed by atoms with E-state index in [1.54, 1.807) is 25.1 Å². The van der Waals surface area contributed by atoms with E-state index in [-0.39, 0.29) is 16.8 Å². The van der Waals surface area contributed by atoms with Crippen LogP contribution in [0.4, 0.5) is 5.69 Å². The maximum absolute atomic E-state index is 12.7. The van der Waals surface area contributed by atoms with Crippen LogP contribution in [0, 0.1) is 13.8 Å². The quantitative estimate of drug-likeness (QED) is 0.685. The number of amides is 1. The van der Waals surface area contributed by atoms with Crippen molar-refractivity contribution in [1.82, 2.24) is 5.32 Å². The standard InChI is InChI=1S/C23H30N2O4S/c1-16-9-10-17(2)22(15-16)25-30(27,28)21-13-11-20(12-14-21)29-18(3)23(26)24-19-7-5-4-6-8-19/h9-15,18-19,25H,4-8H2,1-3H3,(H,24,26)/t18-/m1/s1. The fraction of sp³-hybridized carbons (Fsp3) is 0.435. The number of carbonyl (C=O) groups is 1. The number of sulfonamides is 1. The Bertz CT molecular complexity index is 981. The van der Waals surface area contributed by atoms with Gasteiger partial charge in [0.05, 0.1) is 10.6 Å². The molecule has 1 aliphatic carbocycles. The summed E-state index contributed by atoms with van der Waals surface area (Å²) in [6, 6.07) is 11.9. The molecule has 0 radical (unpaired) electrons. The van der Waals surface area contributed by atoms with Crippen LogP contribution in [0.15, 0.2) is 47.4 Å². The van der Waals surface area contributed by atoms with E-state index in [4.69, 9.17) is 4.74 Å². The molecular weight excluding hydrogens is 400 g/mol. The summed E-state index contributed by atoms with van der Waals surface area (Å²) in [6.07, 6.45) is 4.89. The van der Waals surface area contributed by atoms with E-state index in [2.05, 4.69) is 10.0 Å². The van der Waals surface area contributed by atoms with Gasteiger partial charge in [-0.3, -0.25) is 9.52 Å². The lowest BCUT2D eigenvalue weighted by atomic mass is 9.95. The summed E-state index contributed by atoms with van der Waals surface area (Å²) in [5, 5.41) is 3.04. The number of rotatable bonds is 7. The van der Waals surface area contributed by atoms with Crippen LogP contribution in [0.3, 0.4) is 0 Å². The molecule has 0 bridgehead atoms. The van der Waals surface area contributed by atoms with Crippen LogP contribution >= 0.6 is 0 Å². The number of ether oxygens (including phenoxy) is 1. The van der Waals surface area contributed by atoms with Crippen LogP contribution in [-0.4, -0.2) is 26.5 Å². The van der Waals surface area contributed by atoms with Gasteiger partial charge >= 0.3 is 0 Å². The van der Waals surface area contributed by atoms with Gasteiger partial charge < -0.3 is 10.1 Å². The van der Waals surface area contributed by atoms with E-state index in [0.717, 1.165) is 36.8 Å². The molecule has 30 heavy (non-hydrogen) atoms. The monoisotopic (exact) mass is 430 g/mol. The second-order valence-electron chi connectivity index (χ2n) is 8.00. The lowest BCUT2D eigenvalue weighted by Gasteiger charge is -2.24. The zero-order chi connectivity index (χ0) is 21.7. The van der Waals surface area contributed by atoms with Crippen molar-refractivity contribution in [2.75, 3.05) is 4.72 Å². The van der Waals surface area contributed by atoms with Gasteiger partial charge in [0.2, 0.25) is 0 Å². The molecule has 0 spiro atoms. The van der Waals surface area contributed by atoms with Gasteiger partial charge in [-0.05, 0) is 75.1 Å². The maximum atomic E-state index is 12.7. The van der Waals surface area contributed by atoms with Crippen molar-refractivity contribution in [2.24, 2.45) is 0 Å². The molecule has 0 unspecified atom stereocenters. The third-order valence-electron chi connectivity index (χ3n) is 5.41. The first-order chi connectivity index (χ1) is 14.2. The Morgan fingerprint density at radius 3 is 2.37 bits per heavy atom. The van der Waals surface area contributed by atoms with Gasteiger partial charge in [-0.25, -0.2) is 8.42 Å². The summed E-state index contributed by atoms with van der Waals surface area (Å²) in [5.74, 6) is 0.308. The molecule has 1 saturated carbocycles. The predicted molar refractivity (Wildman–Crippen MR) is 118 cm³/mol. The number of aryl methyl sites for hydroxylation is 2. The van der Waals surface area contributed by atoms with Gasteiger partial charge in [-0.15, -0.1) is 0 Å². The molecule has 2 aromatic carbocycles. The Morgan fingerprint density at radius 1 is 1.03 bits per heavy atom. The molecule has 0 aliphatic heterocycles. The third kappa shape index (κ3) is 5.75. The zero-order valence-electron chi connectivity index (χ0n) is 17.8. The van der Waals surface area contributed by atoms with E-state index in [9.17, 15) is 13.2 Å². The van der Waals surface area contributed by atoms with Crippen molar-refractivity contribution in [3.8, 4) is 5.75 Å². The molecule has 1 aliphatic rings. The normalized spacial score (nSPS) is 16.0. The van der Waals surface area contributed by atoms with Gasteiger partial charge in [-0.2, -0.15) is 0 Å². The van der Waals surface area contributed by atoms with Gasteiger partial charge in [0, 0.05) is 6.04 Å². The first-order valence-electron chi connectivity index (χ1n) is 10.4. The van der Waals surface area contributed by atoms with Crippen molar-refractivity contribution >= 4 is 21.6 Å². The summed E-state index contributed by atoms with van der Waals surface area (Å²) in [6.45, 7) is 5.47. The number of nitrogens with one attached hydrogen (secondary N) is 2. The van der Waals surface area contributed by atoms with Gasteiger partial charge in [-0.1, -0.05) is 31.4 Å². The predicted octanol–water partition coefficient (Wildman–Crippen LogP) is 4.32. The van der Waals surface area contributed by atoms with Gasteiger partial charge in [0.25, 0.3) is 15.9 Å². The maximum Gasteiger partial charge on any atom is 0.261 e. The Hall–Kier alpha value is -2.54. The molecular formula is C23H30N2O4S. The van der Waals surface area contributed by atoms with Crippen LogP contribution < -0.4 is 14.8 Å². The Morgan fingerprint density at radius 2 is 1.70 bits per heavy atom. The first-order valence-corrected chi connectivity index (χ1v) is 11.9. The van der Waals surface area contributed by atoms with E-state index in [1.165, 1.54) is 18.6 Å². The highest BCUT2D eigenvalue weighted by Gasteiger charge is 2.21. The van der Waals surface area contributed by atoms with Crippen molar-refractivity contribution in [3.05, 3.63) is 53.6 Å². The second kappa shape index (κ2) is 9.51. The highest BCUT2D eigenvalue weighted by Crippen LogP contribution is 2.23. The highest BCUT2D eigenvalue weighted by molar-refractivity contribution is 7.92. The van der Waals surface area contributed by atoms with Crippen LogP contribution in [0.5, 0.6) is 5.75 Å². The summed E-state index contributed by atoms with van der Waals surface area (Å²) >= 11 is 0. The summed E-state index contributed by atoms with van der Waals surface area (Å²) in [4.78, 5) is 12.5. The van der Waals surface area contributed by atoms with E-state index in [0.29, 0.717) is 11.4 Å². The van der Waals surface area contributed by atoms with Crippen LogP contribution in [0.2, 0.25) is 0 Å². The molecule has 0 aromatic heterocycles. The van der Waals surface area contributed by atoms with E-state index >= 15 is 0 Å². The van der Waals surface area contributed by atoms with Crippen molar-refractivity contribution in [1.29, 1.82) is 0 Å². The zero-order valence-corrected chi connectivity index (χ0v) is 18.6. The van der Waals surface area contributed by atoms with Crippen LogP contribution in [0.1, 0.15) is 50.2 Å². The van der Waals surface area contributed by atoms with Crippen LogP contribution in [-0.2, 0) is 14.8 Å². The summed E-state index contributed by atoms with van der Waals surface area (Å²) in [5.41, 5.74) is 2.38. The Kier molecular flexibility index (Phi) is 7.02. The minimum absolute atomic E-state index is 0.134. The van der Waals surface area contributed by atoms with Gasteiger partial charge in [0.1, 0.15) is 5.75 Å². The molecule has 2 N–H and O–H groups in total. The largest absolute Gasteiger partial charge is 0.481 e. The minimum Gasteiger partial charge on any atom is -0.481 e.